The van der Waals surface area contributed by atoms with Crippen molar-refractivity contribution in [2.24, 2.45) is 0 Å². The van der Waals surface area contributed by atoms with Crippen molar-refractivity contribution in [2.75, 3.05) is 0 Å². The molecule has 0 amide bonds. The Hall–Kier alpha value is -7.78. The van der Waals surface area contributed by atoms with E-state index in [4.69, 9.17) is 23.4 Å². The molecule has 266 valence electrons. The average Bonchev–Trinajstić information content (AvgIpc) is 3.21. The summed E-state index contributed by atoms with van der Waals surface area (Å²) < 4.78 is 28.5. The zero-order valence-electron chi connectivity index (χ0n) is 27.6. The molecule has 2 aromatic carbocycles. The maximum Gasteiger partial charge on any atom is 0.362 e. The van der Waals surface area contributed by atoms with Gasteiger partial charge in [0.2, 0.25) is 17.5 Å². The molecule has 1 atom stereocenters. The van der Waals surface area contributed by atoms with E-state index in [2.05, 4.69) is 19.9 Å². The minimum Gasteiger partial charge on any atom is -0.502 e. The molecule has 0 aliphatic heterocycles. The van der Waals surface area contributed by atoms with Gasteiger partial charge in [0.15, 0.2) is 17.3 Å². The number of aromatic hydroxyl groups is 1. The maximum atomic E-state index is 13.9. The number of esters is 3. The topological polar surface area (TPSA) is 210 Å². The fourth-order valence-electron chi connectivity index (χ4n) is 5.05. The minimum absolute atomic E-state index is 0.00579. The van der Waals surface area contributed by atoms with Gasteiger partial charge in [-0.15, -0.1) is 0 Å². The molecule has 1 unspecified atom stereocenters. The van der Waals surface area contributed by atoms with Gasteiger partial charge >= 0.3 is 17.9 Å². The summed E-state index contributed by atoms with van der Waals surface area (Å²) in [6.45, 7) is 0. The molecule has 2 N–H and O–H groups in total. The van der Waals surface area contributed by atoms with Crippen LogP contribution in [-0.2, 0) is 0 Å². The van der Waals surface area contributed by atoms with Gasteiger partial charge < -0.3 is 33.6 Å². The SMILES string of the molecule is O=C(Oc1cc(OC(O)c2cccnc2)c2c(=O)c(O)c(-c3ccc(OC(=O)c4ccccn4)c(OC(=O)c4cccnc4)c3)oc2c1)c1cccnc1. The summed E-state index contributed by atoms with van der Waals surface area (Å²) in [4.78, 5) is 68.6. The summed E-state index contributed by atoms with van der Waals surface area (Å²) in [5.74, 6) is -4.82. The first kappa shape index (κ1) is 34.7. The van der Waals surface area contributed by atoms with Crippen LogP contribution in [0.4, 0.5) is 0 Å². The largest absolute Gasteiger partial charge is 0.502 e. The predicted molar refractivity (Wildman–Crippen MR) is 187 cm³/mol. The summed E-state index contributed by atoms with van der Waals surface area (Å²) in [6, 6.07) is 19.9. The van der Waals surface area contributed by atoms with Gasteiger partial charge in [0, 0.05) is 66.6 Å². The van der Waals surface area contributed by atoms with Crippen LogP contribution in [0.2, 0.25) is 0 Å². The zero-order chi connectivity index (χ0) is 37.6. The molecule has 0 aliphatic rings. The molecule has 0 radical (unpaired) electrons. The molecule has 7 rings (SSSR count). The number of fused-ring (bicyclic) bond motifs is 1. The monoisotopic (exact) mass is 724 g/mol. The molecule has 5 aromatic heterocycles. The molecule has 15 nitrogen and oxygen atoms in total. The number of aromatic nitrogens is 4. The van der Waals surface area contributed by atoms with Crippen LogP contribution in [0.15, 0.2) is 138 Å². The van der Waals surface area contributed by atoms with Gasteiger partial charge in [0.1, 0.15) is 28.2 Å². The van der Waals surface area contributed by atoms with Gasteiger partial charge in [-0.05, 0) is 66.7 Å². The highest BCUT2D eigenvalue weighted by atomic mass is 16.6. The van der Waals surface area contributed by atoms with Crippen molar-refractivity contribution < 1.29 is 48.0 Å². The molecule has 0 spiro atoms. The molecule has 0 fully saturated rings. The zero-order valence-corrected chi connectivity index (χ0v) is 27.6. The molecular formula is C39H24N4O11. The van der Waals surface area contributed by atoms with Crippen molar-refractivity contribution in [1.29, 1.82) is 0 Å². The molecule has 7 aromatic rings. The van der Waals surface area contributed by atoms with E-state index >= 15 is 0 Å². The van der Waals surface area contributed by atoms with Gasteiger partial charge in [0.05, 0.1) is 11.1 Å². The fourth-order valence-corrected chi connectivity index (χ4v) is 5.05. The lowest BCUT2D eigenvalue weighted by molar-refractivity contribution is -0.0187. The quantitative estimate of drug-likeness (QED) is 0.102. The van der Waals surface area contributed by atoms with Crippen LogP contribution in [0, 0.1) is 0 Å². The fraction of sp³-hybridized carbons (Fsp3) is 0.0256. The predicted octanol–water partition coefficient (Wildman–Crippen LogP) is 5.47. The summed E-state index contributed by atoms with van der Waals surface area (Å²) in [6.07, 6.45) is 8.07. The Morgan fingerprint density at radius 1 is 0.667 bits per heavy atom. The minimum atomic E-state index is -1.65. The Labute approximate surface area is 303 Å². The Bertz CT molecular complexity index is 2550. The second-order valence-electron chi connectivity index (χ2n) is 11.2. The highest BCUT2D eigenvalue weighted by molar-refractivity contribution is 5.94. The van der Waals surface area contributed by atoms with Gasteiger partial charge in [0.25, 0.3) is 0 Å². The number of nitrogens with zero attached hydrogens (tertiary/aromatic N) is 4. The summed E-state index contributed by atoms with van der Waals surface area (Å²) >= 11 is 0. The number of aliphatic hydroxyl groups excluding tert-OH is 1. The van der Waals surface area contributed by atoms with Gasteiger partial charge in [-0.2, -0.15) is 0 Å². The van der Waals surface area contributed by atoms with Crippen molar-refractivity contribution in [3.05, 3.63) is 161 Å². The number of carbonyl (C=O) groups is 3. The second kappa shape index (κ2) is 15.2. The smallest absolute Gasteiger partial charge is 0.362 e. The molecule has 0 saturated heterocycles. The average molecular weight is 725 g/mol. The van der Waals surface area contributed by atoms with E-state index in [1.807, 2.05) is 0 Å². The van der Waals surface area contributed by atoms with E-state index in [1.165, 1.54) is 110 Å². The van der Waals surface area contributed by atoms with Crippen LogP contribution in [0.1, 0.15) is 43.1 Å². The highest BCUT2D eigenvalue weighted by Gasteiger charge is 2.25. The number of benzene rings is 2. The van der Waals surface area contributed by atoms with E-state index in [9.17, 15) is 29.4 Å². The second-order valence-corrected chi connectivity index (χ2v) is 11.2. The number of hydrogen-bond donors (Lipinski definition) is 2. The van der Waals surface area contributed by atoms with Crippen LogP contribution in [-0.4, -0.2) is 48.1 Å². The van der Waals surface area contributed by atoms with E-state index < -0.39 is 41.1 Å². The van der Waals surface area contributed by atoms with E-state index in [0.29, 0.717) is 0 Å². The first-order chi connectivity index (χ1) is 26.2. The van der Waals surface area contributed by atoms with Crippen LogP contribution in [0.25, 0.3) is 22.3 Å². The molecule has 0 saturated carbocycles. The van der Waals surface area contributed by atoms with Crippen LogP contribution < -0.4 is 24.4 Å². The first-order valence-corrected chi connectivity index (χ1v) is 15.9. The third kappa shape index (κ3) is 7.46. The molecule has 0 aliphatic carbocycles. The van der Waals surface area contributed by atoms with E-state index in [0.717, 1.165) is 0 Å². The van der Waals surface area contributed by atoms with Gasteiger partial charge in [-0.25, -0.2) is 19.4 Å². The lowest BCUT2D eigenvalue weighted by Gasteiger charge is -2.17. The maximum absolute atomic E-state index is 13.9. The van der Waals surface area contributed by atoms with Crippen molar-refractivity contribution in [1.82, 2.24) is 19.9 Å². The van der Waals surface area contributed by atoms with Crippen molar-refractivity contribution in [3.63, 3.8) is 0 Å². The standard InChI is InChI=1S/C39H24N4O11/c44-33-32-30(17-26(50-36(46)23-6-3-12-40-19-23)18-31(32)54-38(48)25-8-5-14-42-21-25)51-35(34(33)45)22-10-11-28(52-39(49)27-9-1-2-15-43-27)29(16-22)53-37(47)24-7-4-13-41-20-24/h1-21,38,45,48H. The molecule has 15 heteroatoms. The Balaban J connectivity index is 1.33. The van der Waals surface area contributed by atoms with Crippen molar-refractivity contribution in [2.45, 2.75) is 6.29 Å². The lowest BCUT2D eigenvalue weighted by Crippen LogP contribution is -2.14. The highest BCUT2D eigenvalue weighted by Crippen LogP contribution is 2.40. The number of hydrogen-bond acceptors (Lipinski definition) is 15. The summed E-state index contributed by atoms with van der Waals surface area (Å²) in [5.41, 5.74) is -0.864. The Morgan fingerprint density at radius 2 is 1.35 bits per heavy atom. The van der Waals surface area contributed by atoms with Crippen LogP contribution in [0.5, 0.6) is 28.7 Å². The number of ether oxygens (including phenoxy) is 4. The third-order valence-electron chi connectivity index (χ3n) is 7.61. The van der Waals surface area contributed by atoms with E-state index in [1.54, 1.807) is 18.2 Å². The number of aliphatic hydroxyl groups is 1. The van der Waals surface area contributed by atoms with Crippen LogP contribution in [0.3, 0.4) is 0 Å². The number of pyridine rings is 4. The Morgan fingerprint density at radius 3 is 2.00 bits per heavy atom. The summed E-state index contributed by atoms with van der Waals surface area (Å²) in [5, 5.41) is 21.8. The molecule has 54 heavy (non-hydrogen) atoms. The van der Waals surface area contributed by atoms with Crippen molar-refractivity contribution >= 4 is 28.9 Å². The van der Waals surface area contributed by atoms with Crippen LogP contribution >= 0.6 is 0 Å². The summed E-state index contributed by atoms with van der Waals surface area (Å²) in [7, 11) is 0. The first-order valence-electron chi connectivity index (χ1n) is 15.9. The van der Waals surface area contributed by atoms with E-state index in [-0.39, 0.29) is 61.9 Å². The third-order valence-corrected chi connectivity index (χ3v) is 7.61. The molecular weight excluding hydrogens is 700 g/mol. The number of carbonyl (C=O) groups excluding carboxylic acids is 3. The normalized spacial score (nSPS) is 11.4. The van der Waals surface area contributed by atoms with Crippen molar-refractivity contribution in [3.8, 4) is 40.1 Å². The lowest BCUT2D eigenvalue weighted by atomic mass is 10.1. The van der Waals surface area contributed by atoms with Gasteiger partial charge in [-0.1, -0.05) is 6.07 Å². The number of rotatable bonds is 10. The Kier molecular flexibility index (Phi) is 9.77. The molecule has 5 heterocycles. The van der Waals surface area contributed by atoms with Gasteiger partial charge in [-0.3, -0.25) is 19.7 Å². The molecule has 0 bridgehead atoms.